The van der Waals surface area contributed by atoms with Gasteiger partial charge in [0.05, 0.1) is 18.2 Å². The largest absolute Gasteiger partial charge is 0.334 e. The molecule has 2 heterocycles. The van der Waals surface area contributed by atoms with Crippen molar-refractivity contribution in [2.24, 2.45) is 0 Å². The van der Waals surface area contributed by atoms with Gasteiger partial charge in [0.1, 0.15) is 5.82 Å². The SMILES string of the molecule is CC1=C(c2nc(-c3ccc(Cl)cc3)no2)C(c2ccc(F)cc2)NC(=O)N1Cc1ccccc1. The van der Waals surface area contributed by atoms with Crippen molar-refractivity contribution < 1.29 is 13.7 Å². The molecule has 1 atom stereocenters. The van der Waals surface area contributed by atoms with Gasteiger partial charge in [-0.15, -0.1) is 0 Å². The number of hydrogen-bond donors (Lipinski definition) is 1. The summed E-state index contributed by atoms with van der Waals surface area (Å²) < 4.78 is 19.3. The number of hydrogen-bond acceptors (Lipinski definition) is 4. The quantitative estimate of drug-likeness (QED) is 0.372. The van der Waals surface area contributed by atoms with E-state index in [1.807, 2.05) is 37.3 Å². The second kappa shape index (κ2) is 9.11. The van der Waals surface area contributed by atoms with Crippen molar-refractivity contribution in [2.75, 3.05) is 0 Å². The molecule has 0 bridgehead atoms. The molecule has 0 saturated heterocycles. The van der Waals surface area contributed by atoms with Crippen LogP contribution in [0, 0.1) is 5.82 Å². The van der Waals surface area contributed by atoms with Crippen LogP contribution in [0.15, 0.2) is 89.1 Å². The number of rotatable bonds is 5. The zero-order chi connectivity index (χ0) is 23.7. The summed E-state index contributed by atoms with van der Waals surface area (Å²) >= 11 is 6.00. The second-order valence-corrected chi connectivity index (χ2v) is 8.37. The molecule has 5 rings (SSSR count). The van der Waals surface area contributed by atoms with Crippen molar-refractivity contribution in [2.45, 2.75) is 19.5 Å². The zero-order valence-electron chi connectivity index (χ0n) is 18.2. The van der Waals surface area contributed by atoms with E-state index in [-0.39, 0.29) is 17.7 Å². The van der Waals surface area contributed by atoms with Crippen molar-refractivity contribution in [1.82, 2.24) is 20.4 Å². The summed E-state index contributed by atoms with van der Waals surface area (Å²) in [6.07, 6.45) is 0. The Labute approximate surface area is 200 Å². The van der Waals surface area contributed by atoms with Crippen LogP contribution in [-0.4, -0.2) is 21.1 Å². The highest BCUT2D eigenvalue weighted by molar-refractivity contribution is 6.30. The van der Waals surface area contributed by atoms with Crippen molar-refractivity contribution in [3.63, 3.8) is 0 Å². The van der Waals surface area contributed by atoms with Gasteiger partial charge in [-0.25, -0.2) is 9.18 Å². The van der Waals surface area contributed by atoms with Crippen LogP contribution in [0.5, 0.6) is 0 Å². The number of amides is 2. The highest BCUT2D eigenvalue weighted by Gasteiger charge is 2.35. The molecule has 34 heavy (non-hydrogen) atoms. The summed E-state index contributed by atoms with van der Waals surface area (Å²) in [6.45, 7) is 2.22. The first-order valence-electron chi connectivity index (χ1n) is 10.7. The summed E-state index contributed by atoms with van der Waals surface area (Å²) in [4.78, 5) is 19.4. The highest BCUT2D eigenvalue weighted by atomic mass is 35.5. The number of nitrogens with zero attached hydrogens (tertiary/aromatic N) is 3. The van der Waals surface area contributed by atoms with Gasteiger partial charge in [0, 0.05) is 16.3 Å². The number of nitrogens with one attached hydrogen (secondary N) is 1. The smallest absolute Gasteiger partial charge is 0.322 e. The van der Waals surface area contributed by atoms with E-state index in [1.54, 1.807) is 41.3 Å². The third kappa shape index (κ3) is 4.30. The lowest BCUT2D eigenvalue weighted by Gasteiger charge is -2.35. The molecular weight excluding hydrogens is 455 g/mol. The van der Waals surface area contributed by atoms with E-state index in [2.05, 4.69) is 15.5 Å². The van der Waals surface area contributed by atoms with Crippen LogP contribution >= 0.6 is 11.6 Å². The maximum absolute atomic E-state index is 13.6. The fourth-order valence-electron chi connectivity index (χ4n) is 3.97. The number of carbonyl (C=O) groups excluding carboxylic acids is 1. The predicted molar refractivity (Wildman–Crippen MR) is 127 cm³/mol. The molecule has 3 aromatic carbocycles. The Kier molecular flexibility index (Phi) is 5.86. The monoisotopic (exact) mass is 474 g/mol. The molecule has 1 aliphatic heterocycles. The van der Waals surface area contributed by atoms with E-state index >= 15 is 0 Å². The standard InChI is InChI=1S/C26H20ClFN4O2/c1-16-22(25-30-24(31-34-25)19-7-11-20(27)12-8-19)23(18-9-13-21(28)14-10-18)29-26(33)32(16)15-17-5-3-2-4-6-17/h2-14,23H,15H2,1H3,(H,29,33). The number of urea groups is 1. The minimum atomic E-state index is -0.585. The van der Waals surface area contributed by atoms with Crippen LogP contribution in [0.3, 0.4) is 0 Å². The molecule has 6 nitrogen and oxygen atoms in total. The molecule has 1 aromatic heterocycles. The van der Waals surface area contributed by atoms with E-state index in [1.165, 1.54) is 12.1 Å². The lowest BCUT2D eigenvalue weighted by atomic mass is 9.94. The van der Waals surface area contributed by atoms with E-state index in [4.69, 9.17) is 16.1 Å². The van der Waals surface area contributed by atoms with Gasteiger partial charge in [-0.2, -0.15) is 4.98 Å². The predicted octanol–water partition coefficient (Wildman–Crippen LogP) is 6.23. The number of allylic oxidation sites excluding steroid dienone is 1. The van der Waals surface area contributed by atoms with Gasteiger partial charge in [0.15, 0.2) is 0 Å². The molecule has 0 fully saturated rings. The fraction of sp³-hybridized carbons (Fsp3) is 0.115. The average molecular weight is 475 g/mol. The Morgan fingerprint density at radius 3 is 2.44 bits per heavy atom. The first-order valence-corrected chi connectivity index (χ1v) is 11.1. The van der Waals surface area contributed by atoms with Crippen LogP contribution in [0.4, 0.5) is 9.18 Å². The zero-order valence-corrected chi connectivity index (χ0v) is 19.0. The average Bonchev–Trinajstić information content (AvgIpc) is 3.33. The van der Waals surface area contributed by atoms with Gasteiger partial charge in [0.2, 0.25) is 5.82 Å². The maximum Gasteiger partial charge on any atom is 0.322 e. The lowest BCUT2D eigenvalue weighted by molar-refractivity contribution is 0.203. The van der Waals surface area contributed by atoms with Gasteiger partial charge < -0.3 is 9.84 Å². The summed E-state index contributed by atoms with van der Waals surface area (Å²) in [5.41, 5.74) is 3.75. The molecule has 0 saturated carbocycles. The maximum atomic E-state index is 13.6. The van der Waals surface area contributed by atoms with Crippen LogP contribution < -0.4 is 5.32 Å². The Morgan fingerprint density at radius 1 is 1.03 bits per heavy atom. The molecule has 1 aliphatic rings. The van der Waals surface area contributed by atoms with E-state index in [0.29, 0.717) is 34.2 Å². The first kappa shape index (κ1) is 21.9. The Bertz CT molecular complexity index is 1350. The summed E-state index contributed by atoms with van der Waals surface area (Å²) in [6, 6.07) is 21.9. The van der Waals surface area contributed by atoms with Gasteiger partial charge in [-0.3, -0.25) is 4.90 Å². The van der Waals surface area contributed by atoms with Crippen molar-refractivity contribution in [3.8, 4) is 11.4 Å². The number of carbonyl (C=O) groups is 1. The van der Waals surface area contributed by atoms with E-state index < -0.39 is 6.04 Å². The number of benzene rings is 3. The van der Waals surface area contributed by atoms with Crippen LogP contribution in [0.2, 0.25) is 5.02 Å². The van der Waals surface area contributed by atoms with Crippen LogP contribution in [0.25, 0.3) is 17.0 Å². The molecule has 8 heteroatoms. The Hall–Kier alpha value is -3.97. The molecule has 1 N–H and O–H groups in total. The van der Waals surface area contributed by atoms with Gasteiger partial charge >= 0.3 is 6.03 Å². The van der Waals surface area contributed by atoms with Crippen molar-refractivity contribution in [1.29, 1.82) is 0 Å². The summed E-state index contributed by atoms with van der Waals surface area (Å²) in [5.74, 6) is 0.313. The summed E-state index contributed by atoms with van der Waals surface area (Å²) in [7, 11) is 0. The fourth-order valence-corrected chi connectivity index (χ4v) is 4.10. The Morgan fingerprint density at radius 2 is 1.74 bits per heavy atom. The molecule has 2 amide bonds. The molecular formula is C26H20ClFN4O2. The van der Waals surface area contributed by atoms with E-state index in [9.17, 15) is 9.18 Å². The Balaban J connectivity index is 1.59. The minimum Gasteiger partial charge on any atom is -0.334 e. The third-order valence-electron chi connectivity index (χ3n) is 5.74. The molecule has 4 aromatic rings. The number of aromatic nitrogens is 2. The van der Waals surface area contributed by atoms with Gasteiger partial charge in [0.25, 0.3) is 5.89 Å². The van der Waals surface area contributed by atoms with Crippen LogP contribution in [-0.2, 0) is 6.54 Å². The molecule has 1 unspecified atom stereocenters. The molecule has 0 spiro atoms. The van der Waals surface area contributed by atoms with Crippen molar-refractivity contribution in [3.05, 3.63) is 112 Å². The number of halogens is 2. The third-order valence-corrected chi connectivity index (χ3v) is 5.99. The highest BCUT2D eigenvalue weighted by Crippen LogP contribution is 2.38. The molecule has 170 valence electrons. The molecule has 0 aliphatic carbocycles. The van der Waals surface area contributed by atoms with E-state index in [0.717, 1.165) is 11.1 Å². The first-order chi connectivity index (χ1) is 16.5. The van der Waals surface area contributed by atoms with Gasteiger partial charge in [-0.05, 0) is 54.4 Å². The normalized spacial score (nSPS) is 16.0. The van der Waals surface area contributed by atoms with Gasteiger partial charge in [-0.1, -0.05) is 59.2 Å². The van der Waals surface area contributed by atoms with Crippen LogP contribution in [0.1, 0.15) is 30.0 Å². The summed E-state index contributed by atoms with van der Waals surface area (Å²) in [5, 5.41) is 7.77. The molecule has 0 radical (unpaired) electrons. The topological polar surface area (TPSA) is 71.3 Å². The second-order valence-electron chi connectivity index (χ2n) is 7.93. The lowest BCUT2D eigenvalue weighted by Crippen LogP contribution is -2.45. The van der Waals surface area contributed by atoms with Crippen molar-refractivity contribution >= 4 is 23.2 Å². The minimum absolute atomic E-state index is 0.267.